The first-order valence-electron chi connectivity index (χ1n) is 5.81. The van der Waals surface area contributed by atoms with E-state index in [1.54, 1.807) is 0 Å². The standard InChI is InChI=1S/C12H14BrFN2O3/c1-12(2)10(5-11(12)17)15-8-3-6(13)7(14)4-9(8)16(18)19/h3-4,10-11,15,17H,5H2,1-2H3. The van der Waals surface area contributed by atoms with Crippen molar-refractivity contribution in [2.24, 2.45) is 5.41 Å². The number of rotatable bonds is 3. The van der Waals surface area contributed by atoms with E-state index in [1.165, 1.54) is 6.07 Å². The van der Waals surface area contributed by atoms with E-state index in [-0.39, 0.29) is 27.3 Å². The van der Waals surface area contributed by atoms with E-state index in [0.29, 0.717) is 6.42 Å². The fourth-order valence-corrected chi connectivity index (χ4v) is 2.48. The van der Waals surface area contributed by atoms with Crippen LogP contribution in [0.15, 0.2) is 16.6 Å². The molecule has 5 nitrogen and oxygen atoms in total. The highest BCUT2D eigenvalue weighted by atomic mass is 79.9. The van der Waals surface area contributed by atoms with Crippen LogP contribution < -0.4 is 5.32 Å². The average molecular weight is 333 g/mol. The van der Waals surface area contributed by atoms with Crippen LogP contribution in [-0.4, -0.2) is 22.2 Å². The van der Waals surface area contributed by atoms with Crippen LogP contribution in [0.3, 0.4) is 0 Å². The van der Waals surface area contributed by atoms with E-state index in [4.69, 9.17) is 0 Å². The van der Waals surface area contributed by atoms with Crippen molar-refractivity contribution in [1.82, 2.24) is 0 Å². The number of nitro benzene ring substituents is 1. The van der Waals surface area contributed by atoms with Gasteiger partial charge in [0.2, 0.25) is 0 Å². The molecule has 2 rings (SSSR count). The van der Waals surface area contributed by atoms with Crippen LogP contribution in [0.25, 0.3) is 0 Å². The average Bonchev–Trinajstić information content (AvgIpc) is 2.32. The Labute approximate surface area is 118 Å². The van der Waals surface area contributed by atoms with Crippen molar-refractivity contribution in [3.63, 3.8) is 0 Å². The zero-order valence-electron chi connectivity index (χ0n) is 10.5. The quantitative estimate of drug-likeness (QED) is 0.658. The number of hydrogen-bond acceptors (Lipinski definition) is 4. The highest BCUT2D eigenvalue weighted by molar-refractivity contribution is 9.10. The molecule has 0 amide bonds. The molecule has 0 heterocycles. The molecule has 104 valence electrons. The van der Waals surface area contributed by atoms with Gasteiger partial charge in [0.25, 0.3) is 5.69 Å². The Morgan fingerprint density at radius 2 is 2.21 bits per heavy atom. The molecule has 0 aliphatic heterocycles. The highest BCUT2D eigenvalue weighted by Gasteiger charge is 2.47. The first-order chi connectivity index (χ1) is 8.73. The molecule has 2 atom stereocenters. The van der Waals surface area contributed by atoms with Gasteiger partial charge in [-0.2, -0.15) is 0 Å². The normalized spacial score (nSPS) is 24.7. The van der Waals surface area contributed by atoms with Gasteiger partial charge < -0.3 is 10.4 Å². The lowest BCUT2D eigenvalue weighted by molar-refractivity contribution is -0.384. The van der Waals surface area contributed by atoms with Crippen LogP contribution in [0, 0.1) is 21.3 Å². The Morgan fingerprint density at radius 1 is 1.58 bits per heavy atom. The molecule has 0 radical (unpaired) electrons. The number of halogens is 2. The van der Waals surface area contributed by atoms with Crippen molar-refractivity contribution in [3.05, 3.63) is 32.5 Å². The zero-order valence-corrected chi connectivity index (χ0v) is 12.1. The maximum atomic E-state index is 13.3. The second-order valence-corrected chi connectivity index (χ2v) is 6.16. The molecule has 1 aromatic rings. The van der Waals surface area contributed by atoms with E-state index in [1.807, 2.05) is 13.8 Å². The zero-order chi connectivity index (χ0) is 14.4. The van der Waals surface area contributed by atoms with Crippen molar-refractivity contribution in [2.75, 3.05) is 5.32 Å². The number of nitrogens with zero attached hydrogens (tertiary/aromatic N) is 1. The molecule has 7 heteroatoms. The van der Waals surface area contributed by atoms with E-state index >= 15 is 0 Å². The number of aliphatic hydroxyl groups is 1. The Morgan fingerprint density at radius 3 is 2.68 bits per heavy atom. The van der Waals surface area contributed by atoms with Gasteiger partial charge in [0, 0.05) is 11.5 Å². The van der Waals surface area contributed by atoms with Crippen molar-refractivity contribution in [3.8, 4) is 0 Å². The van der Waals surface area contributed by atoms with E-state index in [0.717, 1.165) is 6.07 Å². The lowest BCUT2D eigenvalue weighted by Crippen LogP contribution is -2.56. The molecule has 1 fully saturated rings. The van der Waals surface area contributed by atoms with E-state index in [9.17, 15) is 19.6 Å². The summed E-state index contributed by atoms with van der Waals surface area (Å²) in [7, 11) is 0. The summed E-state index contributed by atoms with van der Waals surface area (Å²) in [6.07, 6.45) is 0.0760. The van der Waals surface area contributed by atoms with Crippen molar-refractivity contribution < 1.29 is 14.4 Å². The van der Waals surface area contributed by atoms with Gasteiger partial charge in [-0.25, -0.2) is 4.39 Å². The number of aliphatic hydroxyl groups excluding tert-OH is 1. The lowest BCUT2D eigenvalue weighted by atomic mass is 9.64. The molecular formula is C12H14BrFN2O3. The lowest BCUT2D eigenvalue weighted by Gasteiger charge is -2.49. The minimum Gasteiger partial charge on any atom is -0.392 e. The third-order valence-corrected chi connectivity index (χ3v) is 4.39. The molecule has 19 heavy (non-hydrogen) atoms. The number of benzene rings is 1. The van der Waals surface area contributed by atoms with Crippen LogP contribution in [0.4, 0.5) is 15.8 Å². The van der Waals surface area contributed by atoms with Crippen molar-refractivity contribution in [1.29, 1.82) is 0 Å². The van der Waals surface area contributed by atoms with Gasteiger partial charge in [-0.3, -0.25) is 10.1 Å². The maximum absolute atomic E-state index is 13.3. The number of anilines is 1. The molecule has 1 saturated carbocycles. The van der Waals surface area contributed by atoms with Crippen LogP contribution >= 0.6 is 15.9 Å². The summed E-state index contributed by atoms with van der Waals surface area (Å²) in [6, 6.07) is 2.15. The van der Waals surface area contributed by atoms with Gasteiger partial charge in [0.05, 0.1) is 21.6 Å². The van der Waals surface area contributed by atoms with E-state index in [2.05, 4.69) is 21.2 Å². The second kappa shape index (κ2) is 4.72. The molecule has 1 aliphatic rings. The number of nitrogens with one attached hydrogen (secondary N) is 1. The molecule has 2 unspecified atom stereocenters. The van der Waals surface area contributed by atoms with Gasteiger partial charge in [-0.15, -0.1) is 0 Å². The van der Waals surface area contributed by atoms with Crippen molar-refractivity contribution in [2.45, 2.75) is 32.4 Å². The fraction of sp³-hybridized carbons (Fsp3) is 0.500. The van der Waals surface area contributed by atoms with Gasteiger partial charge in [0.1, 0.15) is 11.5 Å². The van der Waals surface area contributed by atoms with Gasteiger partial charge >= 0.3 is 0 Å². The molecular weight excluding hydrogens is 319 g/mol. The van der Waals surface area contributed by atoms with Gasteiger partial charge in [0.15, 0.2) is 0 Å². The Bertz CT molecular complexity index is 536. The van der Waals surface area contributed by atoms with Crippen molar-refractivity contribution >= 4 is 27.3 Å². The highest BCUT2D eigenvalue weighted by Crippen LogP contribution is 2.43. The second-order valence-electron chi connectivity index (χ2n) is 5.31. The third kappa shape index (κ3) is 2.44. The fourth-order valence-electron chi connectivity index (χ4n) is 2.14. The predicted molar refractivity (Wildman–Crippen MR) is 72.6 cm³/mol. The minimum atomic E-state index is -0.676. The number of nitro groups is 1. The monoisotopic (exact) mass is 332 g/mol. The van der Waals surface area contributed by atoms with Crippen LogP contribution in [0.1, 0.15) is 20.3 Å². The summed E-state index contributed by atoms with van der Waals surface area (Å²) in [5.41, 5.74) is -0.421. The van der Waals surface area contributed by atoms with Crippen LogP contribution in [0.5, 0.6) is 0 Å². The smallest absolute Gasteiger partial charge is 0.295 e. The Kier molecular flexibility index (Phi) is 3.53. The molecule has 2 N–H and O–H groups in total. The first kappa shape index (κ1) is 14.2. The molecule has 0 aromatic heterocycles. The Hall–Kier alpha value is -1.21. The van der Waals surface area contributed by atoms with E-state index < -0.39 is 16.8 Å². The molecule has 0 saturated heterocycles. The van der Waals surface area contributed by atoms with Crippen LogP contribution in [-0.2, 0) is 0 Å². The summed E-state index contributed by atoms with van der Waals surface area (Å²) in [6.45, 7) is 3.76. The first-order valence-corrected chi connectivity index (χ1v) is 6.61. The third-order valence-electron chi connectivity index (χ3n) is 3.78. The van der Waals surface area contributed by atoms with Crippen LogP contribution in [0.2, 0.25) is 0 Å². The minimum absolute atomic E-state index is 0.0847. The summed E-state index contributed by atoms with van der Waals surface area (Å²) in [5, 5.41) is 23.6. The summed E-state index contributed by atoms with van der Waals surface area (Å²) < 4.78 is 13.5. The van der Waals surface area contributed by atoms with Gasteiger partial charge in [-0.05, 0) is 28.4 Å². The summed E-state index contributed by atoms with van der Waals surface area (Å²) in [5.74, 6) is -0.676. The SMILES string of the molecule is CC1(C)C(O)CC1Nc1cc(Br)c(F)cc1[N+](=O)[O-]. The Balaban J connectivity index is 2.30. The largest absolute Gasteiger partial charge is 0.392 e. The number of hydrogen-bond donors (Lipinski definition) is 2. The topological polar surface area (TPSA) is 75.4 Å². The molecule has 1 aromatic carbocycles. The predicted octanol–water partition coefficient (Wildman–Crippen LogP) is 3.07. The van der Waals surface area contributed by atoms with Gasteiger partial charge in [-0.1, -0.05) is 13.8 Å². The maximum Gasteiger partial charge on any atom is 0.295 e. The molecule has 0 bridgehead atoms. The molecule has 1 aliphatic carbocycles. The molecule has 0 spiro atoms. The summed E-state index contributed by atoms with van der Waals surface area (Å²) in [4.78, 5) is 10.3. The summed E-state index contributed by atoms with van der Waals surface area (Å²) >= 11 is 3.01.